The van der Waals surface area contributed by atoms with Crippen molar-refractivity contribution in [2.75, 3.05) is 0 Å². The smallest absolute Gasteiger partial charge is 0.0493 e. The molecule has 3 heteroatoms. The maximum atomic E-state index is 6.23. The monoisotopic (exact) mass is 255 g/mol. The summed E-state index contributed by atoms with van der Waals surface area (Å²) >= 11 is 0. The lowest BCUT2D eigenvalue weighted by Gasteiger charge is -2.21. The Hall–Kier alpha value is -1.61. The molecule has 1 unspecified atom stereocenters. The molecule has 2 N–H and O–H groups in total. The van der Waals surface area contributed by atoms with Crippen molar-refractivity contribution >= 4 is 0 Å². The van der Waals surface area contributed by atoms with Crippen LogP contribution in [-0.4, -0.2) is 9.55 Å². The highest BCUT2D eigenvalue weighted by Gasteiger charge is 2.22. The molecular weight excluding hydrogens is 234 g/mol. The molecule has 1 aliphatic rings. The molecule has 2 aromatic heterocycles. The molecular formula is C16H21N3. The van der Waals surface area contributed by atoms with Gasteiger partial charge in [-0.15, -0.1) is 0 Å². The third-order valence-corrected chi connectivity index (χ3v) is 4.25. The molecule has 0 fully saturated rings. The van der Waals surface area contributed by atoms with Crippen LogP contribution in [-0.2, 0) is 13.0 Å². The predicted octanol–water partition coefficient (Wildman–Crippen LogP) is 2.88. The summed E-state index contributed by atoms with van der Waals surface area (Å²) in [5, 5.41) is 0. The van der Waals surface area contributed by atoms with Gasteiger partial charge >= 0.3 is 0 Å². The number of fused-ring (bicyclic) bond motifs is 1. The highest BCUT2D eigenvalue weighted by molar-refractivity contribution is 5.34. The molecule has 3 rings (SSSR count). The zero-order chi connectivity index (χ0) is 13.4. The van der Waals surface area contributed by atoms with Gasteiger partial charge in [0.15, 0.2) is 0 Å². The molecule has 0 amide bonds. The van der Waals surface area contributed by atoms with Gasteiger partial charge in [0, 0.05) is 36.4 Å². The van der Waals surface area contributed by atoms with Gasteiger partial charge in [0.05, 0.1) is 0 Å². The second-order valence-corrected chi connectivity index (χ2v) is 5.57. The fraction of sp³-hybridized carbons (Fsp3) is 0.438. The van der Waals surface area contributed by atoms with Gasteiger partial charge in [-0.05, 0) is 61.9 Å². The summed E-state index contributed by atoms with van der Waals surface area (Å²) in [6.45, 7) is 5.23. The second kappa shape index (κ2) is 4.82. The third kappa shape index (κ3) is 2.19. The molecule has 0 aliphatic heterocycles. The maximum absolute atomic E-state index is 6.23. The molecule has 3 nitrogen and oxygen atoms in total. The SMILES string of the molecule is Cc1ccncc1Cn1c(C)cc2c1CCCC2N. The molecule has 100 valence electrons. The number of aryl methyl sites for hydroxylation is 2. The van der Waals surface area contributed by atoms with Crippen LogP contribution >= 0.6 is 0 Å². The van der Waals surface area contributed by atoms with Crippen LogP contribution in [0.3, 0.4) is 0 Å². The van der Waals surface area contributed by atoms with Crippen LogP contribution in [0.4, 0.5) is 0 Å². The highest BCUT2D eigenvalue weighted by Crippen LogP contribution is 2.31. The average molecular weight is 255 g/mol. The van der Waals surface area contributed by atoms with Crippen LogP contribution < -0.4 is 5.73 Å². The summed E-state index contributed by atoms with van der Waals surface area (Å²) in [5.41, 5.74) is 12.9. The molecule has 1 atom stereocenters. The van der Waals surface area contributed by atoms with Crippen molar-refractivity contribution in [2.45, 2.75) is 45.7 Å². The molecule has 0 saturated heterocycles. The Kier molecular flexibility index (Phi) is 3.15. The molecule has 2 heterocycles. The van der Waals surface area contributed by atoms with Gasteiger partial charge in [-0.3, -0.25) is 4.98 Å². The molecule has 2 aromatic rings. The van der Waals surface area contributed by atoms with E-state index in [0.717, 1.165) is 19.4 Å². The molecule has 1 aliphatic carbocycles. The van der Waals surface area contributed by atoms with E-state index >= 15 is 0 Å². The Labute approximate surface area is 114 Å². The van der Waals surface area contributed by atoms with Crippen LogP contribution in [0.5, 0.6) is 0 Å². The Morgan fingerprint density at radius 1 is 1.42 bits per heavy atom. The molecule has 0 bridgehead atoms. The number of hydrogen-bond acceptors (Lipinski definition) is 2. The number of pyridine rings is 1. The lowest BCUT2D eigenvalue weighted by Crippen LogP contribution is -2.18. The third-order valence-electron chi connectivity index (χ3n) is 4.25. The number of hydrogen-bond donors (Lipinski definition) is 1. The maximum Gasteiger partial charge on any atom is 0.0493 e. The van der Waals surface area contributed by atoms with Gasteiger partial charge in [0.25, 0.3) is 0 Å². The van der Waals surface area contributed by atoms with Crippen LogP contribution in [0.2, 0.25) is 0 Å². The Balaban J connectivity index is 2.00. The van der Waals surface area contributed by atoms with E-state index in [0.29, 0.717) is 0 Å². The summed E-state index contributed by atoms with van der Waals surface area (Å²) in [4.78, 5) is 4.24. The zero-order valence-corrected chi connectivity index (χ0v) is 11.7. The van der Waals surface area contributed by atoms with Gasteiger partial charge < -0.3 is 10.3 Å². The standard InChI is InChI=1S/C16H21N3/c1-11-6-7-18-9-13(11)10-19-12(2)8-14-15(17)4-3-5-16(14)19/h6-9,15H,3-5,10,17H2,1-2H3. The first-order chi connectivity index (χ1) is 9.16. The first kappa shape index (κ1) is 12.4. The number of aromatic nitrogens is 2. The average Bonchev–Trinajstić information content (AvgIpc) is 2.71. The van der Waals surface area contributed by atoms with Crippen molar-refractivity contribution in [3.05, 3.63) is 52.6 Å². The van der Waals surface area contributed by atoms with E-state index in [1.807, 2.05) is 12.4 Å². The van der Waals surface area contributed by atoms with E-state index in [4.69, 9.17) is 5.73 Å². The lowest BCUT2D eigenvalue weighted by atomic mass is 9.93. The highest BCUT2D eigenvalue weighted by atomic mass is 15.0. The van der Waals surface area contributed by atoms with Crippen molar-refractivity contribution in [3.63, 3.8) is 0 Å². The molecule has 0 radical (unpaired) electrons. The Morgan fingerprint density at radius 2 is 2.26 bits per heavy atom. The van der Waals surface area contributed by atoms with Gasteiger partial charge in [0.1, 0.15) is 0 Å². The number of nitrogens with zero attached hydrogens (tertiary/aromatic N) is 2. The van der Waals surface area contributed by atoms with Gasteiger partial charge in [-0.25, -0.2) is 0 Å². The summed E-state index contributed by atoms with van der Waals surface area (Å²) in [6, 6.07) is 4.57. The number of nitrogens with two attached hydrogens (primary N) is 1. The second-order valence-electron chi connectivity index (χ2n) is 5.57. The van der Waals surface area contributed by atoms with E-state index in [2.05, 4.69) is 35.5 Å². The van der Waals surface area contributed by atoms with Crippen molar-refractivity contribution in [1.29, 1.82) is 0 Å². The Morgan fingerprint density at radius 3 is 3.05 bits per heavy atom. The van der Waals surface area contributed by atoms with Crippen LogP contribution in [0.15, 0.2) is 24.5 Å². The van der Waals surface area contributed by atoms with E-state index in [9.17, 15) is 0 Å². The van der Waals surface area contributed by atoms with Crippen LogP contribution in [0.25, 0.3) is 0 Å². The molecule has 0 aromatic carbocycles. The number of rotatable bonds is 2. The minimum absolute atomic E-state index is 0.221. The van der Waals surface area contributed by atoms with Crippen LogP contribution in [0.1, 0.15) is 47.0 Å². The fourth-order valence-corrected chi connectivity index (χ4v) is 3.05. The van der Waals surface area contributed by atoms with E-state index in [1.165, 1.54) is 34.5 Å². The van der Waals surface area contributed by atoms with Crippen LogP contribution in [0, 0.1) is 13.8 Å². The largest absolute Gasteiger partial charge is 0.344 e. The summed E-state index contributed by atoms with van der Waals surface area (Å²) in [5.74, 6) is 0. The minimum atomic E-state index is 0.221. The fourth-order valence-electron chi connectivity index (χ4n) is 3.05. The zero-order valence-electron chi connectivity index (χ0n) is 11.7. The predicted molar refractivity (Wildman–Crippen MR) is 77.1 cm³/mol. The summed E-state index contributed by atoms with van der Waals surface area (Å²) in [7, 11) is 0. The van der Waals surface area contributed by atoms with E-state index < -0.39 is 0 Å². The quantitative estimate of drug-likeness (QED) is 0.896. The molecule has 0 spiro atoms. The van der Waals surface area contributed by atoms with Crippen molar-refractivity contribution in [1.82, 2.24) is 9.55 Å². The van der Waals surface area contributed by atoms with Gasteiger partial charge in [-0.1, -0.05) is 0 Å². The minimum Gasteiger partial charge on any atom is -0.344 e. The van der Waals surface area contributed by atoms with E-state index in [1.54, 1.807) is 0 Å². The van der Waals surface area contributed by atoms with Gasteiger partial charge in [-0.2, -0.15) is 0 Å². The first-order valence-electron chi connectivity index (χ1n) is 7.01. The lowest BCUT2D eigenvalue weighted by molar-refractivity contribution is 0.546. The topological polar surface area (TPSA) is 43.8 Å². The van der Waals surface area contributed by atoms with E-state index in [-0.39, 0.29) is 6.04 Å². The van der Waals surface area contributed by atoms with Crippen molar-refractivity contribution in [3.8, 4) is 0 Å². The molecule has 19 heavy (non-hydrogen) atoms. The van der Waals surface area contributed by atoms with Crippen molar-refractivity contribution in [2.24, 2.45) is 5.73 Å². The van der Waals surface area contributed by atoms with Crippen molar-refractivity contribution < 1.29 is 0 Å². The summed E-state index contributed by atoms with van der Waals surface area (Å²) < 4.78 is 2.42. The normalized spacial score (nSPS) is 18.4. The van der Waals surface area contributed by atoms with Gasteiger partial charge in [0.2, 0.25) is 0 Å². The Bertz CT molecular complexity index is 598. The first-order valence-corrected chi connectivity index (χ1v) is 7.01. The summed E-state index contributed by atoms with van der Waals surface area (Å²) in [6.07, 6.45) is 7.29. The molecule has 0 saturated carbocycles.